The Bertz CT molecular complexity index is 701. The van der Waals surface area contributed by atoms with E-state index in [1.165, 1.54) is 24.9 Å². The summed E-state index contributed by atoms with van der Waals surface area (Å²) in [6.45, 7) is 5.10. The van der Waals surface area contributed by atoms with E-state index in [1.807, 2.05) is 0 Å². The van der Waals surface area contributed by atoms with Crippen LogP contribution in [0.1, 0.15) is 38.7 Å². The van der Waals surface area contributed by atoms with E-state index < -0.39 is 29.1 Å². The minimum atomic E-state index is -1.12. The molecule has 0 saturated heterocycles. The largest absolute Gasteiger partial charge is 0.466 e. The summed E-state index contributed by atoms with van der Waals surface area (Å²) in [5.74, 6) is -2.44. The van der Waals surface area contributed by atoms with E-state index in [1.54, 1.807) is 20.8 Å². The molecule has 23 heavy (non-hydrogen) atoms. The third-order valence-corrected chi connectivity index (χ3v) is 3.16. The zero-order valence-corrected chi connectivity index (χ0v) is 14.0. The minimum absolute atomic E-state index is 0.0220. The molecule has 0 N–H and O–H groups in total. The predicted octanol–water partition coefficient (Wildman–Crippen LogP) is 0.0724. The number of hydrogen-bond donors (Lipinski definition) is 0. The van der Waals surface area contributed by atoms with Crippen molar-refractivity contribution >= 4 is 11.9 Å². The highest BCUT2D eigenvalue weighted by molar-refractivity contribution is 5.84. The number of aromatic nitrogens is 2. The van der Waals surface area contributed by atoms with E-state index in [0.717, 1.165) is 4.57 Å². The van der Waals surface area contributed by atoms with Gasteiger partial charge in [0.25, 0.3) is 5.56 Å². The number of esters is 2. The van der Waals surface area contributed by atoms with Crippen LogP contribution in [-0.4, -0.2) is 33.8 Å². The van der Waals surface area contributed by atoms with Crippen LogP contribution in [0.5, 0.6) is 0 Å². The molecule has 0 spiro atoms. The van der Waals surface area contributed by atoms with E-state index in [-0.39, 0.29) is 24.7 Å². The van der Waals surface area contributed by atoms with E-state index in [4.69, 9.17) is 9.47 Å². The molecule has 8 heteroatoms. The number of aryl methyl sites for hydroxylation is 1. The minimum Gasteiger partial charge on any atom is -0.466 e. The molecule has 0 radical (unpaired) electrons. The lowest BCUT2D eigenvalue weighted by atomic mass is 9.98. The molecule has 8 nitrogen and oxygen atoms in total. The van der Waals surface area contributed by atoms with E-state index >= 15 is 0 Å². The van der Waals surface area contributed by atoms with Crippen LogP contribution in [0.4, 0.5) is 0 Å². The smallest absolute Gasteiger partial charge is 0.330 e. The topological polar surface area (TPSA) is 96.6 Å². The van der Waals surface area contributed by atoms with Gasteiger partial charge in [-0.3, -0.25) is 19.0 Å². The third-order valence-electron chi connectivity index (χ3n) is 3.16. The van der Waals surface area contributed by atoms with Gasteiger partial charge in [-0.1, -0.05) is 0 Å². The summed E-state index contributed by atoms with van der Waals surface area (Å²) in [7, 11) is 2.77. The maximum Gasteiger partial charge on any atom is 0.330 e. The van der Waals surface area contributed by atoms with Crippen molar-refractivity contribution in [2.75, 3.05) is 6.61 Å². The average molecular weight is 326 g/mol. The molecule has 0 bridgehead atoms. The van der Waals surface area contributed by atoms with Crippen molar-refractivity contribution in [3.63, 3.8) is 0 Å². The van der Waals surface area contributed by atoms with Gasteiger partial charge in [-0.2, -0.15) is 0 Å². The Morgan fingerprint density at radius 2 is 1.83 bits per heavy atom. The summed E-state index contributed by atoms with van der Waals surface area (Å²) in [6.07, 6.45) is 0.590. The van der Waals surface area contributed by atoms with Crippen molar-refractivity contribution in [1.82, 2.24) is 9.13 Å². The van der Waals surface area contributed by atoms with Crippen LogP contribution < -0.4 is 11.2 Å². The number of carbonyl (C=O) groups excluding carboxylic acids is 2. The number of carbonyl (C=O) groups is 2. The highest BCUT2D eigenvalue weighted by atomic mass is 16.5. The SMILES string of the molecule is CCOC(=O)C(CC(=O)OC(C)C)c1cn(C)c(=O)n(C)c1=O. The van der Waals surface area contributed by atoms with Gasteiger partial charge in [0.1, 0.15) is 0 Å². The van der Waals surface area contributed by atoms with Gasteiger partial charge < -0.3 is 14.0 Å². The average Bonchev–Trinajstić information content (AvgIpc) is 2.46. The molecule has 0 aromatic carbocycles. The molecule has 0 aliphatic rings. The molecule has 0 amide bonds. The molecule has 1 aromatic rings. The second-order valence-electron chi connectivity index (χ2n) is 5.39. The molecule has 1 aromatic heterocycles. The second kappa shape index (κ2) is 7.75. The highest BCUT2D eigenvalue weighted by Crippen LogP contribution is 2.19. The molecular weight excluding hydrogens is 304 g/mol. The molecule has 1 atom stereocenters. The first-order valence-corrected chi connectivity index (χ1v) is 7.31. The number of hydrogen-bond acceptors (Lipinski definition) is 6. The Labute approximate surface area is 133 Å². The molecule has 0 saturated carbocycles. The van der Waals surface area contributed by atoms with Gasteiger partial charge in [0, 0.05) is 25.9 Å². The van der Waals surface area contributed by atoms with Crippen LogP contribution in [0.15, 0.2) is 15.8 Å². The zero-order chi connectivity index (χ0) is 17.7. The molecule has 128 valence electrons. The summed E-state index contributed by atoms with van der Waals surface area (Å²) in [6, 6.07) is 0. The Morgan fingerprint density at radius 1 is 1.22 bits per heavy atom. The van der Waals surface area contributed by atoms with Gasteiger partial charge >= 0.3 is 17.6 Å². The summed E-state index contributed by atoms with van der Waals surface area (Å²) in [4.78, 5) is 48.1. The third kappa shape index (κ3) is 4.54. The molecule has 1 heterocycles. The first kappa shape index (κ1) is 18.7. The van der Waals surface area contributed by atoms with Gasteiger partial charge in [0.05, 0.1) is 25.0 Å². The predicted molar refractivity (Wildman–Crippen MR) is 82.1 cm³/mol. The first-order valence-electron chi connectivity index (χ1n) is 7.31. The molecule has 0 fully saturated rings. The monoisotopic (exact) mass is 326 g/mol. The molecule has 0 aliphatic heterocycles. The summed E-state index contributed by atoms with van der Waals surface area (Å²) < 4.78 is 12.0. The summed E-state index contributed by atoms with van der Waals surface area (Å²) in [5, 5.41) is 0. The van der Waals surface area contributed by atoms with Gasteiger partial charge in [-0.25, -0.2) is 4.79 Å². The molecular formula is C15H22N2O6. The van der Waals surface area contributed by atoms with Crippen LogP contribution in [-0.2, 0) is 33.2 Å². The van der Waals surface area contributed by atoms with Gasteiger partial charge in [0.2, 0.25) is 0 Å². The van der Waals surface area contributed by atoms with Gasteiger partial charge in [-0.05, 0) is 20.8 Å². The second-order valence-corrected chi connectivity index (χ2v) is 5.39. The number of rotatable bonds is 6. The molecule has 1 unspecified atom stereocenters. The van der Waals surface area contributed by atoms with Crippen LogP contribution in [0.2, 0.25) is 0 Å². The standard InChI is InChI=1S/C15H22N2O6/c1-6-22-14(20)10(7-12(18)23-9(2)3)11-8-16(4)15(21)17(5)13(11)19/h8-10H,6-7H2,1-5H3. The van der Waals surface area contributed by atoms with Crippen LogP contribution in [0.3, 0.4) is 0 Å². The van der Waals surface area contributed by atoms with Crippen LogP contribution in [0, 0.1) is 0 Å². The fraction of sp³-hybridized carbons (Fsp3) is 0.600. The maximum atomic E-state index is 12.3. The van der Waals surface area contributed by atoms with Gasteiger partial charge in [0.15, 0.2) is 0 Å². The number of nitrogens with zero attached hydrogens (tertiary/aromatic N) is 2. The van der Waals surface area contributed by atoms with E-state index in [2.05, 4.69) is 0 Å². The Kier molecular flexibility index (Phi) is 6.29. The Hall–Kier alpha value is -2.38. The fourth-order valence-electron chi connectivity index (χ4n) is 2.12. The fourth-order valence-corrected chi connectivity index (χ4v) is 2.12. The lowest BCUT2D eigenvalue weighted by molar-refractivity contribution is -0.154. The summed E-state index contributed by atoms with van der Waals surface area (Å²) >= 11 is 0. The quantitative estimate of drug-likeness (QED) is 0.687. The van der Waals surface area contributed by atoms with Crippen LogP contribution >= 0.6 is 0 Å². The lowest BCUT2D eigenvalue weighted by Crippen LogP contribution is -2.40. The van der Waals surface area contributed by atoms with E-state index in [9.17, 15) is 19.2 Å². The number of ether oxygens (including phenoxy) is 2. The van der Waals surface area contributed by atoms with Gasteiger partial charge in [-0.15, -0.1) is 0 Å². The van der Waals surface area contributed by atoms with Crippen molar-refractivity contribution in [2.45, 2.75) is 39.2 Å². The molecule has 0 aliphatic carbocycles. The maximum absolute atomic E-state index is 12.3. The Morgan fingerprint density at radius 3 is 2.35 bits per heavy atom. The summed E-state index contributed by atoms with van der Waals surface area (Å²) in [5.41, 5.74) is -1.14. The zero-order valence-electron chi connectivity index (χ0n) is 14.0. The van der Waals surface area contributed by atoms with Crippen molar-refractivity contribution in [3.05, 3.63) is 32.6 Å². The molecule has 1 rings (SSSR count). The van der Waals surface area contributed by atoms with E-state index in [0.29, 0.717) is 0 Å². The lowest BCUT2D eigenvalue weighted by Gasteiger charge is -2.17. The van der Waals surface area contributed by atoms with Crippen molar-refractivity contribution in [1.29, 1.82) is 0 Å². The first-order chi connectivity index (χ1) is 10.7. The normalized spacial score (nSPS) is 12.1. The van der Waals surface area contributed by atoms with Crippen molar-refractivity contribution < 1.29 is 19.1 Å². The Balaban J connectivity index is 3.30. The van der Waals surface area contributed by atoms with Crippen molar-refractivity contribution in [3.8, 4) is 0 Å². The van der Waals surface area contributed by atoms with Crippen molar-refractivity contribution in [2.24, 2.45) is 14.1 Å². The van der Waals surface area contributed by atoms with Crippen LogP contribution in [0.25, 0.3) is 0 Å². The highest BCUT2D eigenvalue weighted by Gasteiger charge is 2.30.